The molecule has 1 fully saturated rings. The fourth-order valence-corrected chi connectivity index (χ4v) is 3.15. The topological polar surface area (TPSA) is 61.9 Å². The van der Waals surface area contributed by atoms with Crippen LogP contribution in [0.4, 0.5) is 19.7 Å². The Morgan fingerprint density at radius 3 is 2.54 bits per heavy atom. The molecule has 26 heavy (non-hydrogen) atoms. The summed E-state index contributed by atoms with van der Waals surface area (Å²) in [5.41, 5.74) is 0.236. The molecule has 1 atom stereocenters. The van der Waals surface area contributed by atoms with Gasteiger partial charge in [0.05, 0.1) is 4.47 Å². The number of nitrogens with zero attached hydrogens (tertiary/aromatic N) is 2. The molecule has 1 N–H and O–H groups in total. The normalized spacial score (nSPS) is 17.9. The fourth-order valence-electron chi connectivity index (χ4n) is 2.72. The van der Waals surface area contributed by atoms with Gasteiger partial charge in [-0.25, -0.2) is 14.0 Å². The van der Waals surface area contributed by atoms with Crippen molar-refractivity contribution in [3.05, 3.63) is 28.0 Å². The van der Waals surface area contributed by atoms with Crippen LogP contribution in [-0.4, -0.2) is 53.2 Å². The highest BCUT2D eigenvalue weighted by atomic mass is 79.9. The number of anilines is 1. The Hall–Kier alpha value is -1.83. The second-order valence-electron chi connectivity index (χ2n) is 7.43. The van der Waals surface area contributed by atoms with E-state index in [-0.39, 0.29) is 18.2 Å². The second kappa shape index (κ2) is 7.82. The number of halogens is 2. The van der Waals surface area contributed by atoms with Crippen molar-refractivity contribution in [2.75, 3.05) is 25.0 Å². The molecule has 0 aromatic heterocycles. The van der Waals surface area contributed by atoms with E-state index in [1.807, 2.05) is 27.7 Å². The molecule has 1 saturated heterocycles. The van der Waals surface area contributed by atoms with Crippen LogP contribution in [0.2, 0.25) is 0 Å². The van der Waals surface area contributed by atoms with Crippen LogP contribution in [0.15, 0.2) is 16.6 Å². The van der Waals surface area contributed by atoms with Crippen molar-refractivity contribution >= 4 is 33.7 Å². The van der Waals surface area contributed by atoms with Gasteiger partial charge in [0.15, 0.2) is 0 Å². The molecule has 1 aliphatic rings. The molecule has 1 aromatic rings. The lowest BCUT2D eigenvalue weighted by Crippen LogP contribution is -2.57. The third kappa shape index (κ3) is 4.87. The molecule has 1 aliphatic heterocycles. The lowest BCUT2D eigenvalue weighted by molar-refractivity contribution is 0.00589. The van der Waals surface area contributed by atoms with Gasteiger partial charge in [-0.15, -0.1) is 0 Å². The molecular weight excluding hydrogens is 405 g/mol. The molecule has 1 aromatic carbocycles. The first kappa shape index (κ1) is 20.5. The Morgan fingerprint density at radius 2 is 1.96 bits per heavy atom. The number of ether oxygens (including phenoxy) is 1. The standard InChI is InChI=1S/C18H25BrFN3O3/c1-11-10-22(8-9-23(11)17(25)26-18(3,4)5)16(24)21-14-7-6-13(19)15(20)12(14)2/h6-7,11H,8-10H2,1-5H3,(H,21,24). The van der Waals surface area contributed by atoms with Gasteiger partial charge in [-0.2, -0.15) is 0 Å². The van der Waals surface area contributed by atoms with E-state index in [2.05, 4.69) is 21.2 Å². The Balaban J connectivity index is 1.99. The van der Waals surface area contributed by atoms with Crippen LogP contribution in [0.5, 0.6) is 0 Å². The molecular formula is C18H25BrFN3O3. The third-order valence-corrected chi connectivity index (χ3v) is 4.74. The summed E-state index contributed by atoms with van der Waals surface area (Å²) in [6.45, 7) is 10.1. The molecule has 0 bridgehead atoms. The van der Waals surface area contributed by atoms with Gasteiger partial charge in [-0.1, -0.05) is 0 Å². The Morgan fingerprint density at radius 1 is 1.31 bits per heavy atom. The zero-order valence-corrected chi connectivity index (χ0v) is 17.3. The summed E-state index contributed by atoms with van der Waals surface area (Å²) >= 11 is 3.12. The monoisotopic (exact) mass is 429 g/mol. The number of nitrogens with one attached hydrogen (secondary N) is 1. The lowest BCUT2D eigenvalue weighted by atomic mass is 10.2. The van der Waals surface area contributed by atoms with Gasteiger partial charge in [0.1, 0.15) is 11.4 Å². The van der Waals surface area contributed by atoms with E-state index in [0.717, 1.165) is 0 Å². The number of hydrogen-bond donors (Lipinski definition) is 1. The van der Waals surface area contributed by atoms with E-state index < -0.39 is 11.4 Å². The number of carbonyl (C=O) groups is 2. The highest BCUT2D eigenvalue weighted by Gasteiger charge is 2.32. The quantitative estimate of drug-likeness (QED) is 0.720. The maximum Gasteiger partial charge on any atom is 0.410 e. The van der Waals surface area contributed by atoms with E-state index in [1.165, 1.54) is 0 Å². The van der Waals surface area contributed by atoms with Gasteiger partial charge in [0.25, 0.3) is 0 Å². The fraction of sp³-hybridized carbons (Fsp3) is 0.556. The van der Waals surface area contributed by atoms with Crippen LogP contribution in [0.25, 0.3) is 0 Å². The molecule has 0 spiro atoms. The number of piperazine rings is 1. The van der Waals surface area contributed by atoms with Crippen molar-refractivity contribution in [3.8, 4) is 0 Å². The Bertz CT molecular complexity index is 706. The van der Waals surface area contributed by atoms with Gasteiger partial charge in [-0.05, 0) is 62.7 Å². The minimum Gasteiger partial charge on any atom is -0.444 e. The largest absolute Gasteiger partial charge is 0.444 e. The second-order valence-corrected chi connectivity index (χ2v) is 8.29. The SMILES string of the molecule is Cc1c(NC(=O)N2CCN(C(=O)OC(C)(C)C)C(C)C2)ccc(Br)c1F. The molecule has 0 aliphatic carbocycles. The Labute approximate surface area is 161 Å². The first-order valence-corrected chi connectivity index (χ1v) is 9.29. The van der Waals surface area contributed by atoms with Crippen LogP contribution in [0.1, 0.15) is 33.3 Å². The van der Waals surface area contributed by atoms with Crippen molar-refractivity contribution in [1.29, 1.82) is 0 Å². The summed E-state index contributed by atoms with van der Waals surface area (Å²) in [6, 6.07) is 2.72. The van der Waals surface area contributed by atoms with Crippen LogP contribution in [0.3, 0.4) is 0 Å². The summed E-state index contributed by atoms with van der Waals surface area (Å²) in [5.74, 6) is -0.397. The molecule has 0 saturated carbocycles. The smallest absolute Gasteiger partial charge is 0.410 e. The van der Waals surface area contributed by atoms with Gasteiger partial charge in [0, 0.05) is 36.9 Å². The lowest BCUT2D eigenvalue weighted by Gasteiger charge is -2.40. The van der Waals surface area contributed by atoms with E-state index in [1.54, 1.807) is 28.9 Å². The molecule has 0 radical (unpaired) electrons. The van der Waals surface area contributed by atoms with Gasteiger partial charge < -0.3 is 19.9 Å². The molecule has 8 heteroatoms. The highest BCUT2D eigenvalue weighted by molar-refractivity contribution is 9.10. The van der Waals surface area contributed by atoms with Crippen molar-refractivity contribution in [3.63, 3.8) is 0 Å². The average molecular weight is 430 g/mol. The minimum atomic E-state index is -0.561. The molecule has 6 nitrogen and oxygen atoms in total. The van der Waals surface area contributed by atoms with Crippen molar-refractivity contribution in [2.24, 2.45) is 0 Å². The van der Waals surface area contributed by atoms with Crippen LogP contribution >= 0.6 is 15.9 Å². The number of carbonyl (C=O) groups excluding carboxylic acids is 2. The van der Waals surface area contributed by atoms with E-state index in [9.17, 15) is 14.0 Å². The number of amides is 3. The first-order chi connectivity index (χ1) is 12.0. The zero-order valence-electron chi connectivity index (χ0n) is 15.7. The predicted molar refractivity (Wildman–Crippen MR) is 102 cm³/mol. The number of benzene rings is 1. The van der Waals surface area contributed by atoms with E-state index in [4.69, 9.17) is 4.74 Å². The summed E-state index contributed by atoms with van der Waals surface area (Å²) in [6.07, 6.45) is -0.379. The molecule has 3 amide bonds. The number of urea groups is 1. The van der Waals surface area contributed by atoms with Crippen molar-refractivity contribution in [1.82, 2.24) is 9.80 Å². The highest BCUT2D eigenvalue weighted by Crippen LogP contribution is 2.25. The van der Waals surface area contributed by atoms with Gasteiger partial charge in [0.2, 0.25) is 0 Å². The third-order valence-electron chi connectivity index (χ3n) is 4.12. The van der Waals surface area contributed by atoms with Crippen LogP contribution < -0.4 is 5.32 Å². The van der Waals surface area contributed by atoms with Crippen LogP contribution in [0, 0.1) is 12.7 Å². The maximum absolute atomic E-state index is 14.0. The molecule has 1 heterocycles. The van der Waals surface area contributed by atoms with Crippen molar-refractivity contribution in [2.45, 2.75) is 46.3 Å². The maximum atomic E-state index is 14.0. The molecule has 2 rings (SSSR count). The van der Waals surface area contributed by atoms with Crippen molar-refractivity contribution < 1.29 is 18.7 Å². The first-order valence-electron chi connectivity index (χ1n) is 8.49. The summed E-state index contributed by atoms with van der Waals surface area (Å²) in [4.78, 5) is 28.0. The molecule has 144 valence electrons. The van der Waals surface area contributed by atoms with Gasteiger partial charge in [-0.3, -0.25) is 0 Å². The number of hydrogen-bond acceptors (Lipinski definition) is 3. The number of rotatable bonds is 1. The molecule has 1 unspecified atom stereocenters. The average Bonchev–Trinajstić information content (AvgIpc) is 2.53. The van der Waals surface area contributed by atoms with Crippen LogP contribution in [-0.2, 0) is 4.74 Å². The Kier molecular flexibility index (Phi) is 6.16. The summed E-state index contributed by atoms with van der Waals surface area (Å²) < 4.78 is 19.7. The predicted octanol–water partition coefficient (Wildman–Crippen LogP) is 4.37. The zero-order chi connectivity index (χ0) is 19.6. The summed E-state index contributed by atoms with van der Waals surface area (Å²) in [7, 11) is 0. The minimum absolute atomic E-state index is 0.174. The van der Waals surface area contributed by atoms with E-state index >= 15 is 0 Å². The van der Waals surface area contributed by atoms with E-state index in [0.29, 0.717) is 35.4 Å². The van der Waals surface area contributed by atoms with Gasteiger partial charge >= 0.3 is 12.1 Å². The summed E-state index contributed by atoms with van der Waals surface area (Å²) in [5, 5.41) is 2.74.